The highest BCUT2D eigenvalue weighted by molar-refractivity contribution is 14.0. The van der Waals surface area contributed by atoms with Gasteiger partial charge in [0.15, 0.2) is 5.96 Å². The zero-order valence-corrected chi connectivity index (χ0v) is 16.5. The molecular weight excluding hydrogens is 409 g/mol. The third-order valence-electron chi connectivity index (χ3n) is 3.55. The van der Waals surface area contributed by atoms with Gasteiger partial charge in [-0.05, 0) is 34.1 Å². The van der Waals surface area contributed by atoms with Gasteiger partial charge in [0.2, 0.25) is 5.89 Å². The number of hydrogen-bond acceptors (Lipinski definition) is 5. The Balaban J connectivity index is 0.00000264. The lowest BCUT2D eigenvalue weighted by Crippen LogP contribution is -2.38. The van der Waals surface area contributed by atoms with Gasteiger partial charge in [0.1, 0.15) is 11.5 Å². The molecular formula is C15H24IN5O2. The van der Waals surface area contributed by atoms with Crippen molar-refractivity contribution in [2.24, 2.45) is 4.99 Å². The largest absolute Gasteiger partial charge is 0.444 e. The summed E-state index contributed by atoms with van der Waals surface area (Å²) in [5.74, 6) is 3.08. The Labute approximate surface area is 153 Å². The molecule has 0 atom stereocenters. The Morgan fingerprint density at radius 3 is 2.35 bits per heavy atom. The average Bonchev–Trinajstić information content (AvgIpc) is 2.98. The fraction of sp³-hybridized carbons (Fsp3) is 0.533. The molecule has 0 amide bonds. The lowest BCUT2D eigenvalue weighted by Gasteiger charge is -2.10. The molecule has 0 saturated carbocycles. The Morgan fingerprint density at radius 1 is 1.09 bits per heavy atom. The van der Waals surface area contributed by atoms with Crippen LogP contribution < -0.4 is 10.6 Å². The van der Waals surface area contributed by atoms with E-state index < -0.39 is 0 Å². The molecule has 8 heteroatoms. The summed E-state index contributed by atoms with van der Waals surface area (Å²) in [6, 6.07) is 0. The molecule has 0 aliphatic heterocycles. The number of nitrogens with one attached hydrogen (secondary N) is 2. The van der Waals surface area contributed by atoms with Crippen LogP contribution in [-0.2, 0) is 13.0 Å². The number of aromatic nitrogens is 2. The standard InChI is InChI=1S/C15H23N5O2.HI/c1-9-11(3)21-14(19-9)8-18-15(16-5)17-7-6-13-10(2)20-22-12(13)4;/h6-8H2,1-5H3,(H2,16,17,18);1H. The Kier molecular flexibility index (Phi) is 7.53. The quantitative estimate of drug-likeness (QED) is 0.428. The maximum atomic E-state index is 5.53. The van der Waals surface area contributed by atoms with Crippen molar-refractivity contribution in [3.63, 3.8) is 0 Å². The number of hydrogen-bond donors (Lipinski definition) is 2. The smallest absolute Gasteiger partial charge is 0.214 e. The number of rotatable bonds is 5. The minimum absolute atomic E-state index is 0. The van der Waals surface area contributed by atoms with E-state index in [9.17, 15) is 0 Å². The Morgan fingerprint density at radius 2 is 1.83 bits per heavy atom. The summed E-state index contributed by atoms with van der Waals surface area (Å²) in [5, 5.41) is 10.4. The highest BCUT2D eigenvalue weighted by atomic mass is 127. The van der Waals surface area contributed by atoms with Crippen LogP contribution in [0.4, 0.5) is 0 Å². The van der Waals surface area contributed by atoms with Gasteiger partial charge in [-0.25, -0.2) is 4.98 Å². The van der Waals surface area contributed by atoms with Crippen molar-refractivity contribution in [3.8, 4) is 0 Å². The van der Waals surface area contributed by atoms with Gasteiger partial charge in [0, 0.05) is 19.2 Å². The van der Waals surface area contributed by atoms with Crippen LogP contribution in [-0.4, -0.2) is 29.7 Å². The lowest BCUT2D eigenvalue weighted by molar-refractivity contribution is 0.392. The van der Waals surface area contributed by atoms with Crippen molar-refractivity contribution in [1.82, 2.24) is 20.8 Å². The molecule has 128 valence electrons. The number of guanidine groups is 1. The molecule has 0 aliphatic carbocycles. The lowest BCUT2D eigenvalue weighted by atomic mass is 10.1. The van der Waals surface area contributed by atoms with Crippen LogP contribution in [0, 0.1) is 27.7 Å². The number of halogens is 1. The zero-order valence-electron chi connectivity index (χ0n) is 14.2. The zero-order chi connectivity index (χ0) is 16.1. The fourth-order valence-corrected chi connectivity index (χ4v) is 2.16. The van der Waals surface area contributed by atoms with E-state index >= 15 is 0 Å². The molecule has 2 aromatic heterocycles. The molecule has 7 nitrogen and oxygen atoms in total. The summed E-state index contributed by atoms with van der Waals surface area (Å²) in [6.07, 6.45) is 0.832. The Hall–Kier alpha value is -1.58. The molecule has 0 radical (unpaired) electrons. The van der Waals surface area contributed by atoms with E-state index in [-0.39, 0.29) is 24.0 Å². The first-order chi connectivity index (χ1) is 10.5. The van der Waals surface area contributed by atoms with Crippen LogP contribution in [0.25, 0.3) is 0 Å². The molecule has 2 heterocycles. The molecule has 0 unspecified atom stereocenters. The van der Waals surface area contributed by atoms with Crippen molar-refractivity contribution in [2.75, 3.05) is 13.6 Å². The predicted molar refractivity (Wildman–Crippen MR) is 99.3 cm³/mol. The van der Waals surface area contributed by atoms with E-state index in [2.05, 4.69) is 25.8 Å². The van der Waals surface area contributed by atoms with E-state index in [4.69, 9.17) is 8.94 Å². The maximum absolute atomic E-state index is 5.53. The molecule has 0 aromatic carbocycles. The van der Waals surface area contributed by atoms with E-state index in [1.165, 1.54) is 0 Å². The minimum atomic E-state index is 0. The normalized spacial score (nSPS) is 11.3. The molecule has 23 heavy (non-hydrogen) atoms. The van der Waals surface area contributed by atoms with Gasteiger partial charge in [-0.2, -0.15) is 0 Å². The third-order valence-corrected chi connectivity index (χ3v) is 3.55. The summed E-state index contributed by atoms with van der Waals surface area (Å²) in [6.45, 7) is 8.95. The van der Waals surface area contributed by atoms with Gasteiger partial charge in [-0.3, -0.25) is 4.99 Å². The molecule has 2 N–H and O–H groups in total. The van der Waals surface area contributed by atoms with Gasteiger partial charge in [0.05, 0.1) is 17.9 Å². The first-order valence-electron chi connectivity index (χ1n) is 7.30. The molecule has 2 aromatic rings. The molecule has 0 aliphatic rings. The average molecular weight is 433 g/mol. The van der Waals surface area contributed by atoms with Crippen LogP contribution in [0.3, 0.4) is 0 Å². The van der Waals surface area contributed by atoms with Crippen molar-refractivity contribution in [2.45, 2.75) is 40.7 Å². The third kappa shape index (κ3) is 5.22. The van der Waals surface area contributed by atoms with Crippen LogP contribution in [0.1, 0.15) is 34.4 Å². The van der Waals surface area contributed by atoms with Crippen molar-refractivity contribution < 1.29 is 8.94 Å². The van der Waals surface area contributed by atoms with Crippen molar-refractivity contribution >= 4 is 29.9 Å². The van der Waals surface area contributed by atoms with Gasteiger partial charge < -0.3 is 19.6 Å². The van der Waals surface area contributed by atoms with Crippen LogP contribution in [0.15, 0.2) is 13.9 Å². The van der Waals surface area contributed by atoms with Crippen molar-refractivity contribution in [3.05, 3.63) is 34.4 Å². The predicted octanol–water partition coefficient (Wildman–Crippen LogP) is 2.42. The van der Waals surface area contributed by atoms with Gasteiger partial charge in [0.25, 0.3) is 0 Å². The number of nitrogens with zero attached hydrogens (tertiary/aromatic N) is 3. The van der Waals surface area contributed by atoms with E-state index in [0.29, 0.717) is 18.4 Å². The first kappa shape index (κ1) is 19.5. The molecule has 0 spiro atoms. The van der Waals surface area contributed by atoms with E-state index in [1.807, 2.05) is 27.7 Å². The molecule has 0 saturated heterocycles. The van der Waals surface area contributed by atoms with Gasteiger partial charge >= 0.3 is 0 Å². The first-order valence-corrected chi connectivity index (χ1v) is 7.30. The summed E-state index contributed by atoms with van der Waals surface area (Å²) in [7, 11) is 1.73. The topological polar surface area (TPSA) is 88.5 Å². The molecule has 2 rings (SSSR count). The monoisotopic (exact) mass is 433 g/mol. The molecule has 0 bridgehead atoms. The van der Waals surface area contributed by atoms with Crippen LogP contribution in [0.5, 0.6) is 0 Å². The fourth-order valence-electron chi connectivity index (χ4n) is 2.16. The van der Waals surface area contributed by atoms with Crippen LogP contribution >= 0.6 is 24.0 Å². The maximum Gasteiger partial charge on any atom is 0.214 e. The molecule has 0 fully saturated rings. The highest BCUT2D eigenvalue weighted by Crippen LogP contribution is 2.12. The second-order valence-corrected chi connectivity index (χ2v) is 5.15. The summed E-state index contributed by atoms with van der Waals surface area (Å²) in [4.78, 5) is 8.51. The van der Waals surface area contributed by atoms with Gasteiger partial charge in [-0.1, -0.05) is 5.16 Å². The van der Waals surface area contributed by atoms with Crippen molar-refractivity contribution in [1.29, 1.82) is 0 Å². The summed E-state index contributed by atoms with van der Waals surface area (Å²) < 4.78 is 10.7. The highest BCUT2D eigenvalue weighted by Gasteiger charge is 2.09. The van der Waals surface area contributed by atoms with Gasteiger partial charge in [-0.15, -0.1) is 24.0 Å². The number of aliphatic imine (C=N–C) groups is 1. The number of oxazole rings is 1. The second kappa shape index (κ2) is 8.90. The summed E-state index contributed by atoms with van der Waals surface area (Å²) in [5.41, 5.74) is 2.99. The Bertz CT molecular complexity index is 624. The SMILES string of the molecule is CN=C(NCCc1c(C)noc1C)NCc1nc(C)c(C)o1.I. The van der Waals surface area contributed by atoms with E-state index in [1.54, 1.807) is 7.05 Å². The number of aryl methyl sites for hydroxylation is 4. The van der Waals surface area contributed by atoms with Crippen LogP contribution in [0.2, 0.25) is 0 Å². The second-order valence-electron chi connectivity index (χ2n) is 5.15. The van der Waals surface area contributed by atoms with E-state index in [0.717, 1.165) is 41.4 Å². The minimum Gasteiger partial charge on any atom is -0.444 e. The summed E-state index contributed by atoms with van der Waals surface area (Å²) >= 11 is 0.